The summed E-state index contributed by atoms with van der Waals surface area (Å²) in [5.74, 6) is -0.723. The van der Waals surface area contributed by atoms with Crippen LogP contribution in [0, 0.1) is 0 Å². The minimum atomic E-state index is -1.41. The van der Waals surface area contributed by atoms with E-state index in [0.29, 0.717) is 10.9 Å². The van der Waals surface area contributed by atoms with Gasteiger partial charge in [0.1, 0.15) is 14.6 Å². The van der Waals surface area contributed by atoms with Crippen LogP contribution in [0.4, 0.5) is 0 Å². The van der Waals surface area contributed by atoms with Crippen molar-refractivity contribution >= 4 is 139 Å². The van der Waals surface area contributed by atoms with Crippen LogP contribution < -0.4 is 11.4 Å². The summed E-state index contributed by atoms with van der Waals surface area (Å²) in [6.45, 7) is 0. The van der Waals surface area contributed by atoms with Gasteiger partial charge in [-0.05, 0) is 78.1 Å². The first kappa shape index (κ1) is 22.1. The van der Waals surface area contributed by atoms with Crippen LogP contribution >= 0.6 is 80.6 Å². The zero-order valence-electron chi connectivity index (χ0n) is 11.9. The van der Waals surface area contributed by atoms with Gasteiger partial charge in [-0.1, -0.05) is 59.4 Å². The van der Waals surface area contributed by atoms with Crippen LogP contribution in [0.15, 0.2) is 38.3 Å². The highest BCUT2D eigenvalue weighted by Gasteiger charge is 2.60. The lowest BCUT2D eigenvalue weighted by atomic mass is 10.2. The number of hydrogen-bond donors (Lipinski definition) is 1. The van der Waals surface area contributed by atoms with Crippen molar-refractivity contribution in [2.45, 2.75) is 0 Å². The first-order valence-electron chi connectivity index (χ1n) is 6.32. The van der Waals surface area contributed by atoms with Gasteiger partial charge >= 0.3 is 11.4 Å². The Morgan fingerprint density at radius 3 is 1.65 bits per heavy atom. The maximum atomic E-state index is 11.0. The molecule has 1 aromatic carbocycles. The van der Waals surface area contributed by atoms with Crippen LogP contribution in [0.3, 0.4) is 0 Å². The zero-order chi connectivity index (χ0) is 18.8. The second kappa shape index (κ2) is 7.77. The third-order valence-corrected chi connectivity index (χ3v) is 98.8. The number of benzene rings is 1. The van der Waals surface area contributed by atoms with Crippen LogP contribution in [0.2, 0.25) is 0 Å². The lowest BCUT2D eigenvalue weighted by Crippen LogP contribution is -2.13. The molecule has 4 aliphatic heterocycles. The first-order valence-corrected chi connectivity index (χ1v) is 29.7. The third-order valence-electron chi connectivity index (χ3n) is 2.77. The summed E-state index contributed by atoms with van der Waals surface area (Å²) in [6.07, 6.45) is 0. The molecule has 140 valence electrons. The Labute approximate surface area is 191 Å². The number of para-hydroxylation sites is 1. The fourth-order valence-electron chi connectivity index (χ4n) is 1.96. The van der Waals surface area contributed by atoms with Gasteiger partial charge < -0.3 is 4.42 Å². The van der Waals surface area contributed by atoms with E-state index in [1.54, 1.807) is 24.3 Å². The van der Waals surface area contributed by atoms with Crippen LogP contribution in [-0.4, -0.2) is 4.98 Å². The van der Waals surface area contributed by atoms with Crippen LogP contribution in [0.5, 0.6) is 0 Å². The molecule has 0 saturated carbocycles. The topological polar surface area (TPSA) is 63.1 Å². The molecule has 18 heteroatoms. The largest absolute Gasteiger partial charge is 0.419 e. The molecule has 6 rings (SSSR count). The minimum Gasteiger partial charge on any atom is -0.372 e. The van der Waals surface area contributed by atoms with E-state index >= 15 is 0 Å². The molecule has 0 radical (unpaired) electrons. The number of H-pyrrole nitrogens is 1. The highest BCUT2D eigenvalue weighted by molar-refractivity contribution is 9.83. The Kier molecular flexibility index (Phi) is 6.60. The lowest BCUT2D eigenvalue weighted by molar-refractivity contribution is 0.460. The van der Waals surface area contributed by atoms with Crippen LogP contribution in [-0.2, 0) is 47.2 Å². The normalized spacial score (nSPS) is 40.2. The molecule has 0 aliphatic carbocycles. The van der Waals surface area contributed by atoms with Gasteiger partial charge in [0.2, 0.25) is 0 Å². The zero-order valence-corrected chi connectivity index (χ0v) is 23.6. The molecule has 5 heterocycles. The van der Waals surface area contributed by atoms with E-state index in [-0.39, 0.29) is 0 Å². The average Bonchev–Trinajstić information content (AvgIpc) is 2.41. The van der Waals surface area contributed by atoms with Gasteiger partial charge in [0, 0.05) is 0 Å². The van der Waals surface area contributed by atoms with E-state index in [0.717, 1.165) is 0 Å². The van der Waals surface area contributed by atoms with Crippen molar-refractivity contribution in [3.05, 3.63) is 45.2 Å². The molecule has 0 atom stereocenters. The van der Waals surface area contributed by atoms with E-state index in [9.17, 15) is 9.59 Å². The summed E-state index contributed by atoms with van der Waals surface area (Å²) >= 11 is 34.5. The number of aromatic nitrogens is 1. The number of rotatable bonds is 0. The molecule has 0 unspecified atom stereocenters. The second-order valence-corrected chi connectivity index (χ2v) is 63.9. The Morgan fingerprint density at radius 1 is 0.769 bits per heavy atom. The van der Waals surface area contributed by atoms with Crippen molar-refractivity contribution in [1.82, 2.24) is 4.98 Å². The summed E-state index contributed by atoms with van der Waals surface area (Å²) in [4.78, 5) is 24.1. The molecule has 1 N–H and O–H groups in total. The highest BCUT2D eigenvalue weighted by atomic mass is 34.1. The molecule has 0 spiro atoms. The Hall–Kier alpha value is 2.86. The summed E-state index contributed by atoms with van der Waals surface area (Å²) in [6, 6.07) is 6.68. The molecule has 4 bridgehead atoms. The fraction of sp³-hybridized carbons (Fsp3) is 0. The number of nitrogens with one attached hydrogen (secondary N) is 1. The van der Waals surface area contributed by atoms with Crippen molar-refractivity contribution < 1.29 is 4.42 Å². The van der Waals surface area contributed by atoms with Gasteiger partial charge in [0.15, 0.2) is 0 Å². The molecule has 4 saturated heterocycles. The maximum absolute atomic E-state index is 11.0. The first-order chi connectivity index (χ1) is 12.0. The molecule has 4 aliphatic rings. The van der Waals surface area contributed by atoms with Crippen molar-refractivity contribution in [2.75, 3.05) is 0 Å². The summed E-state index contributed by atoms with van der Waals surface area (Å²) < 4.78 is -1.32. The Bertz CT molecular complexity index is 1080. The van der Waals surface area contributed by atoms with Crippen molar-refractivity contribution in [3.8, 4) is 0 Å². The predicted octanol–water partition coefficient (Wildman–Crippen LogP) is 7.81. The molecule has 26 heavy (non-hydrogen) atoms. The number of fused-ring (bicyclic) bond motifs is 1. The van der Waals surface area contributed by atoms with E-state index in [1.165, 1.54) is 0 Å². The summed E-state index contributed by atoms with van der Waals surface area (Å²) in [7, 11) is 0. The van der Waals surface area contributed by atoms with Crippen molar-refractivity contribution in [1.29, 1.82) is 0 Å². The van der Waals surface area contributed by atoms with Gasteiger partial charge in [-0.2, -0.15) is 0 Å². The Morgan fingerprint density at radius 2 is 1.19 bits per heavy atom. The standard InChI is InChI=1S/C8H5NO3.P4S10/c10-7-5-3-1-2-4-6(5)9-8(11)12-7;5-1-9-2(6)12-3(7,10-1)14-4(8,11-1)13-2/h1-4H,(H,9,11);. The highest BCUT2D eigenvalue weighted by Crippen LogP contribution is 3.30. The quantitative estimate of drug-likeness (QED) is 0.297. The molecule has 4 fully saturated rings. The molecular weight excluding hydrogens is 603 g/mol. The van der Waals surface area contributed by atoms with Crippen LogP contribution in [0.25, 0.3) is 10.9 Å². The van der Waals surface area contributed by atoms with E-state index in [1.807, 2.05) is 66.0 Å². The van der Waals surface area contributed by atoms with E-state index < -0.39 is 26.0 Å². The maximum Gasteiger partial charge on any atom is 0.419 e. The molecule has 1 aromatic heterocycles. The van der Waals surface area contributed by atoms with E-state index in [4.69, 9.17) is 47.2 Å². The molecule has 0 amide bonds. The van der Waals surface area contributed by atoms with Gasteiger partial charge in [-0.15, -0.1) is 0 Å². The predicted molar refractivity (Wildman–Crippen MR) is 146 cm³/mol. The van der Waals surface area contributed by atoms with Gasteiger partial charge in [0.25, 0.3) is 0 Å². The lowest BCUT2D eigenvalue weighted by Gasteiger charge is -2.51. The van der Waals surface area contributed by atoms with Crippen LogP contribution in [0.1, 0.15) is 0 Å². The molecular formula is C8H5NO3P4S10. The second-order valence-electron chi connectivity index (χ2n) is 4.63. The monoisotopic (exact) mass is 607 g/mol. The molecule has 4 nitrogen and oxygen atoms in total. The fourth-order valence-corrected chi connectivity index (χ4v) is 223. The van der Waals surface area contributed by atoms with Crippen molar-refractivity contribution in [2.24, 2.45) is 0 Å². The minimum absolute atomic E-state index is 0.386. The van der Waals surface area contributed by atoms with Gasteiger partial charge in [-0.3, -0.25) is 4.98 Å². The van der Waals surface area contributed by atoms with Crippen molar-refractivity contribution in [3.63, 3.8) is 0 Å². The molecule has 2 aromatic rings. The number of hydrogen-bond acceptors (Lipinski definition) is 13. The summed E-state index contributed by atoms with van der Waals surface area (Å²) in [5, 5.41) is 0.386. The van der Waals surface area contributed by atoms with E-state index in [2.05, 4.69) is 9.40 Å². The Balaban J connectivity index is 0.000000131. The van der Waals surface area contributed by atoms with Gasteiger partial charge in [-0.25, -0.2) is 9.59 Å². The third kappa shape index (κ3) is 4.69. The smallest absolute Gasteiger partial charge is 0.372 e. The number of aromatic amines is 1. The SMILES string of the molecule is O=c1[nH]c2ccccc2c(=O)o1.S=P12SP3(=S)SP(=S)(S1)SP(=S)(S2)S3. The average molecular weight is 608 g/mol. The van der Waals surface area contributed by atoms with Gasteiger partial charge in [0.05, 0.1) is 10.9 Å². The summed E-state index contributed by atoms with van der Waals surface area (Å²) in [5.41, 5.74) is -0.104.